The molecule has 5 heteroatoms. The van der Waals surface area contributed by atoms with E-state index in [9.17, 15) is 0 Å². The quantitative estimate of drug-likeness (QED) is 0.172. The third kappa shape index (κ3) is 5.51. The van der Waals surface area contributed by atoms with E-state index in [0.29, 0.717) is 11.6 Å². The van der Waals surface area contributed by atoms with Gasteiger partial charge in [-0.25, -0.2) is 15.0 Å². The van der Waals surface area contributed by atoms with Crippen LogP contribution in [0.25, 0.3) is 83.1 Å². The van der Waals surface area contributed by atoms with Gasteiger partial charge in [-0.3, -0.25) is 0 Å². The van der Waals surface area contributed by atoms with E-state index in [1.807, 2.05) is 12.1 Å². The molecule has 1 unspecified atom stereocenters. The Morgan fingerprint density at radius 1 is 0.589 bits per heavy atom. The number of hydrogen-bond donors (Lipinski definition) is 0. The average Bonchev–Trinajstić information content (AvgIpc) is 3.82. The van der Waals surface area contributed by atoms with Gasteiger partial charge in [0.1, 0.15) is 17.0 Å². The molecule has 2 aliphatic rings. The Morgan fingerprint density at radius 2 is 1.38 bits per heavy atom. The molecule has 0 bridgehead atoms. The van der Waals surface area contributed by atoms with Crippen molar-refractivity contribution >= 4 is 54.9 Å². The highest BCUT2D eigenvalue weighted by Gasteiger charge is 2.23. The Labute approximate surface area is 324 Å². The normalized spacial score (nSPS) is 15.5. The molecule has 0 saturated carbocycles. The van der Waals surface area contributed by atoms with E-state index >= 15 is 0 Å². The maximum Gasteiger partial charge on any atom is 0.164 e. The third-order valence-corrected chi connectivity index (χ3v) is 11.2. The Morgan fingerprint density at radius 3 is 2.23 bits per heavy atom. The highest BCUT2D eigenvalue weighted by molar-refractivity contribution is 6.13. The van der Waals surface area contributed by atoms with Crippen molar-refractivity contribution in [2.24, 2.45) is 0 Å². The van der Waals surface area contributed by atoms with Gasteiger partial charge in [-0.2, -0.15) is 0 Å². The summed E-state index contributed by atoms with van der Waals surface area (Å²) in [5.41, 5.74) is 11.8. The van der Waals surface area contributed by atoms with E-state index in [4.69, 9.17) is 19.4 Å². The standard InChI is InChI=1S/C51H36N4O/c1-4-14-33(15-5-1)36-20-12-21-38(30-36)50-52-49(35-18-8-3-9-19-35)53-51(54-50)43-23-13-25-46-48(43)42-29-27-39(32-47(42)56-46)55-44-24-11-10-22-40(44)41-28-26-37(31-45(41)55)34-16-6-2-7-17-34/h1-2,4-8,10-29,31-32,38H,3,9,30H2. The van der Waals surface area contributed by atoms with Crippen LogP contribution >= 0.6 is 0 Å². The molecule has 3 heterocycles. The number of rotatable bonds is 6. The predicted octanol–water partition coefficient (Wildman–Crippen LogP) is 13.1. The second-order valence-corrected chi connectivity index (χ2v) is 14.6. The Hall–Kier alpha value is -7.11. The van der Waals surface area contributed by atoms with Crippen molar-refractivity contribution in [1.82, 2.24) is 19.5 Å². The molecular formula is C51H36N4O. The molecule has 266 valence electrons. The van der Waals surface area contributed by atoms with E-state index < -0.39 is 0 Å². The van der Waals surface area contributed by atoms with Gasteiger partial charge in [0.15, 0.2) is 11.6 Å². The van der Waals surface area contributed by atoms with Gasteiger partial charge in [-0.05, 0) is 71.9 Å². The van der Waals surface area contributed by atoms with Crippen molar-refractivity contribution in [2.45, 2.75) is 25.2 Å². The summed E-state index contributed by atoms with van der Waals surface area (Å²) in [5, 5.41) is 4.47. The molecule has 5 nitrogen and oxygen atoms in total. The predicted molar refractivity (Wildman–Crippen MR) is 230 cm³/mol. The van der Waals surface area contributed by atoms with Crippen LogP contribution in [0.5, 0.6) is 0 Å². The van der Waals surface area contributed by atoms with Crippen molar-refractivity contribution in [3.05, 3.63) is 193 Å². The van der Waals surface area contributed by atoms with Crippen LogP contribution in [0.15, 0.2) is 180 Å². The van der Waals surface area contributed by atoms with Crippen LogP contribution in [0.3, 0.4) is 0 Å². The van der Waals surface area contributed by atoms with Gasteiger partial charge in [0.2, 0.25) is 0 Å². The number of benzene rings is 6. The molecule has 3 aromatic heterocycles. The van der Waals surface area contributed by atoms with Gasteiger partial charge in [-0.15, -0.1) is 0 Å². The first kappa shape index (κ1) is 32.3. The second kappa shape index (κ2) is 13.3. The zero-order valence-electron chi connectivity index (χ0n) is 30.6. The number of nitrogens with zero attached hydrogens (tertiary/aromatic N) is 4. The first-order chi connectivity index (χ1) is 27.7. The largest absolute Gasteiger partial charge is 0.456 e. The number of allylic oxidation sites excluding steroid dienone is 8. The van der Waals surface area contributed by atoms with Crippen LogP contribution in [-0.4, -0.2) is 19.5 Å². The molecule has 0 fully saturated rings. The van der Waals surface area contributed by atoms with Crippen molar-refractivity contribution < 1.29 is 4.42 Å². The van der Waals surface area contributed by atoms with Gasteiger partial charge in [0, 0.05) is 50.4 Å². The minimum atomic E-state index is 0.0142. The van der Waals surface area contributed by atoms with Crippen LogP contribution in [0.1, 0.15) is 42.4 Å². The summed E-state index contributed by atoms with van der Waals surface area (Å²) in [5.74, 6) is 2.15. The monoisotopic (exact) mass is 720 g/mol. The van der Waals surface area contributed by atoms with Crippen LogP contribution in [0.2, 0.25) is 0 Å². The fourth-order valence-electron chi connectivity index (χ4n) is 8.51. The first-order valence-electron chi connectivity index (χ1n) is 19.4. The Bertz CT molecular complexity index is 3110. The lowest BCUT2D eigenvalue weighted by Gasteiger charge is -2.19. The number of para-hydroxylation sites is 1. The molecule has 0 radical (unpaired) electrons. The van der Waals surface area contributed by atoms with Gasteiger partial charge < -0.3 is 8.98 Å². The van der Waals surface area contributed by atoms with E-state index in [1.165, 1.54) is 33.0 Å². The first-order valence-corrected chi connectivity index (χ1v) is 19.4. The van der Waals surface area contributed by atoms with Crippen molar-refractivity contribution in [1.29, 1.82) is 0 Å². The number of furan rings is 1. The SMILES string of the molecule is C1=CC(c2nc(C3=CCCC=C3)nc(-c3cccc4oc5cc(-n6c7ccccc7c7ccc(-c8ccccc8)cc76)ccc5c34)n2)CC(c2ccccc2)=C1. The lowest BCUT2D eigenvalue weighted by Crippen LogP contribution is -2.11. The minimum absolute atomic E-state index is 0.0142. The lowest BCUT2D eigenvalue weighted by atomic mass is 9.89. The van der Waals surface area contributed by atoms with Crippen molar-refractivity contribution in [3.63, 3.8) is 0 Å². The molecule has 0 aliphatic heterocycles. The molecular weight excluding hydrogens is 685 g/mol. The number of aromatic nitrogens is 4. The lowest BCUT2D eigenvalue weighted by molar-refractivity contribution is 0.668. The summed E-state index contributed by atoms with van der Waals surface area (Å²) in [4.78, 5) is 15.6. The topological polar surface area (TPSA) is 56.7 Å². The number of fused-ring (bicyclic) bond motifs is 6. The molecule has 0 N–H and O–H groups in total. The fraction of sp³-hybridized carbons (Fsp3) is 0.0784. The van der Waals surface area contributed by atoms with Crippen LogP contribution < -0.4 is 0 Å². The maximum atomic E-state index is 6.70. The van der Waals surface area contributed by atoms with Gasteiger partial charge in [-0.1, -0.05) is 140 Å². The fourth-order valence-corrected chi connectivity index (χ4v) is 8.51. The summed E-state index contributed by atoms with van der Waals surface area (Å²) < 4.78 is 9.06. The molecule has 6 aromatic carbocycles. The van der Waals surface area contributed by atoms with Crippen LogP contribution in [-0.2, 0) is 0 Å². The summed E-state index contributed by atoms with van der Waals surface area (Å²) in [6, 6.07) is 49.3. The van der Waals surface area contributed by atoms with E-state index in [2.05, 4.69) is 168 Å². The summed E-state index contributed by atoms with van der Waals surface area (Å²) in [6.07, 6.45) is 16.0. The van der Waals surface area contributed by atoms with Crippen molar-refractivity contribution in [3.8, 4) is 28.2 Å². The molecule has 56 heavy (non-hydrogen) atoms. The van der Waals surface area contributed by atoms with Gasteiger partial charge in [0.25, 0.3) is 0 Å². The zero-order valence-corrected chi connectivity index (χ0v) is 30.6. The van der Waals surface area contributed by atoms with Crippen molar-refractivity contribution in [2.75, 3.05) is 0 Å². The van der Waals surface area contributed by atoms with E-state index in [0.717, 1.165) is 74.9 Å². The highest BCUT2D eigenvalue weighted by atomic mass is 16.3. The molecule has 0 amide bonds. The third-order valence-electron chi connectivity index (χ3n) is 11.2. The smallest absolute Gasteiger partial charge is 0.164 e. The zero-order chi connectivity index (χ0) is 37.0. The molecule has 0 spiro atoms. The molecule has 1 atom stereocenters. The minimum Gasteiger partial charge on any atom is -0.456 e. The summed E-state index contributed by atoms with van der Waals surface area (Å²) in [6.45, 7) is 0. The van der Waals surface area contributed by atoms with Gasteiger partial charge >= 0.3 is 0 Å². The summed E-state index contributed by atoms with van der Waals surface area (Å²) >= 11 is 0. The second-order valence-electron chi connectivity index (χ2n) is 14.6. The summed E-state index contributed by atoms with van der Waals surface area (Å²) in [7, 11) is 0. The molecule has 11 rings (SSSR count). The average molecular weight is 721 g/mol. The molecule has 2 aliphatic carbocycles. The van der Waals surface area contributed by atoms with Crippen LogP contribution in [0.4, 0.5) is 0 Å². The highest BCUT2D eigenvalue weighted by Crippen LogP contribution is 2.40. The molecule has 9 aromatic rings. The Balaban J connectivity index is 1.05. The van der Waals surface area contributed by atoms with E-state index in [1.54, 1.807) is 0 Å². The van der Waals surface area contributed by atoms with E-state index in [-0.39, 0.29) is 5.92 Å². The number of hydrogen-bond acceptors (Lipinski definition) is 4. The Kier molecular flexibility index (Phi) is 7.69. The maximum absolute atomic E-state index is 6.70. The van der Waals surface area contributed by atoms with Crippen LogP contribution in [0, 0.1) is 0 Å². The molecule has 0 saturated heterocycles. The van der Waals surface area contributed by atoms with Gasteiger partial charge in [0.05, 0.1) is 11.0 Å².